The highest BCUT2D eigenvalue weighted by molar-refractivity contribution is 7.16. The number of amides is 1. The summed E-state index contributed by atoms with van der Waals surface area (Å²) in [6.45, 7) is 0. The van der Waals surface area contributed by atoms with Crippen molar-refractivity contribution in [1.29, 1.82) is 5.26 Å². The van der Waals surface area contributed by atoms with E-state index in [0.29, 0.717) is 11.8 Å². The maximum absolute atomic E-state index is 13.8. The van der Waals surface area contributed by atoms with Gasteiger partial charge in [-0.3, -0.25) is 4.79 Å². The van der Waals surface area contributed by atoms with Crippen molar-refractivity contribution < 1.29 is 4.79 Å². The summed E-state index contributed by atoms with van der Waals surface area (Å²) in [4.78, 5) is 19.4. The zero-order chi connectivity index (χ0) is 21.1. The lowest BCUT2D eigenvalue weighted by Gasteiger charge is -2.60. The van der Waals surface area contributed by atoms with Gasteiger partial charge in [0.15, 0.2) is 0 Å². The third-order valence-electron chi connectivity index (χ3n) is 8.43. The average Bonchev–Trinajstić information content (AvgIpc) is 3.36. The molecule has 5 aliphatic carbocycles. The fourth-order valence-electron chi connectivity index (χ4n) is 7.56. The largest absolute Gasteiger partial charge is 0.316 e. The first-order valence-electron chi connectivity index (χ1n) is 11.8. The molecule has 2 aromatic rings. The van der Waals surface area contributed by atoms with Crippen LogP contribution in [0.3, 0.4) is 0 Å². The maximum atomic E-state index is 13.8. The van der Waals surface area contributed by atoms with E-state index in [9.17, 15) is 10.1 Å². The number of nitriles is 1. The van der Waals surface area contributed by atoms with Crippen LogP contribution in [0.2, 0.25) is 0 Å². The maximum Gasteiger partial charge on any atom is 0.231 e. The van der Waals surface area contributed by atoms with E-state index in [1.165, 1.54) is 36.1 Å². The third kappa shape index (κ3) is 3.06. The molecule has 1 amide bonds. The number of thiophene rings is 1. The van der Waals surface area contributed by atoms with Gasteiger partial charge >= 0.3 is 0 Å². The molecule has 1 N–H and O–H groups in total. The Labute approximate surface area is 187 Å². The zero-order valence-electron chi connectivity index (χ0n) is 17.9. The molecule has 4 saturated carbocycles. The Balaban J connectivity index is 1.32. The van der Waals surface area contributed by atoms with Crippen LogP contribution in [0.4, 0.5) is 5.00 Å². The molecule has 7 heteroatoms. The van der Waals surface area contributed by atoms with Crippen molar-refractivity contribution in [3.05, 3.63) is 28.7 Å². The van der Waals surface area contributed by atoms with Gasteiger partial charge in [-0.05, 0) is 81.6 Å². The van der Waals surface area contributed by atoms with Crippen LogP contribution >= 0.6 is 11.3 Å². The normalized spacial score (nSPS) is 33.9. The number of carbonyl (C=O) groups is 1. The monoisotopic (exact) mass is 435 g/mol. The molecular weight excluding hydrogens is 406 g/mol. The molecule has 0 aliphatic heterocycles. The summed E-state index contributed by atoms with van der Waals surface area (Å²) in [5, 5.41) is 18.5. The molecule has 0 radical (unpaired) electrons. The Morgan fingerprint density at radius 1 is 1.16 bits per heavy atom. The quantitative estimate of drug-likeness (QED) is 0.750. The molecule has 2 heterocycles. The van der Waals surface area contributed by atoms with E-state index >= 15 is 0 Å². The molecule has 162 valence electrons. The highest BCUT2D eigenvalue weighted by Crippen LogP contribution is 2.64. The first kappa shape index (κ1) is 19.5. The minimum absolute atomic E-state index is 0.0689. The van der Waals surface area contributed by atoms with Gasteiger partial charge in [0, 0.05) is 4.88 Å². The Bertz CT molecular complexity index is 1030. The standard InChI is InChI=1S/C24H29N5OS/c25-12-19-18-5-3-1-2-4-6-20(18)31-21(19)28-22(30)23-8-16-7-17(9-23)11-24(10-16,13-23)29-15-26-14-27-29/h14-17H,1-11,13H2,(H,28,30). The molecule has 0 aromatic carbocycles. The van der Waals surface area contributed by atoms with Crippen LogP contribution in [0.25, 0.3) is 0 Å². The van der Waals surface area contributed by atoms with E-state index in [2.05, 4.69) is 21.5 Å². The number of aromatic nitrogens is 3. The smallest absolute Gasteiger partial charge is 0.231 e. The number of anilines is 1. The van der Waals surface area contributed by atoms with Gasteiger partial charge in [0.25, 0.3) is 0 Å². The van der Waals surface area contributed by atoms with Crippen molar-refractivity contribution in [1.82, 2.24) is 14.8 Å². The topological polar surface area (TPSA) is 83.6 Å². The summed E-state index contributed by atoms with van der Waals surface area (Å²) in [6.07, 6.45) is 16.5. The Morgan fingerprint density at radius 3 is 2.65 bits per heavy atom. The molecule has 2 aromatic heterocycles. The predicted molar refractivity (Wildman–Crippen MR) is 119 cm³/mol. The summed E-state index contributed by atoms with van der Waals surface area (Å²) < 4.78 is 2.05. The van der Waals surface area contributed by atoms with Gasteiger partial charge < -0.3 is 5.32 Å². The zero-order valence-corrected chi connectivity index (χ0v) is 18.7. The van der Waals surface area contributed by atoms with Crippen LogP contribution < -0.4 is 5.32 Å². The summed E-state index contributed by atoms with van der Waals surface area (Å²) >= 11 is 1.66. The minimum Gasteiger partial charge on any atom is -0.316 e. The van der Waals surface area contributed by atoms with E-state index in [0.717, 1.165) is 61.9 Å². The van der Waals surface area contributed by atoms with Gasteiger partial charge in [-0.2, -0.15) is 10.4 Å². The SMILES string of the molecule is N#Cc1c(NC(=O)C23CC4CC(C2)CC(n2cncn2)(C4)C3)sc2c1CCCCCC2. The van der Waals surface area contributed by atoms with Crippen LogP contribution in [0.15, 0.2) is 12.7 Å². The van der Waals surface area contributed by atoms with Crippen molar-refractivity contribution in [2.24, 2.45) is 17.3 Å². The van der Waals surface area contributed by atoms with Crippen molar-refractivity contribution in [3.63, 3.8) is 0 Å². The fraction of sp³-hybridized carbons (Fsp3) is 0.667. The number of carbonyl (C=O) groups excluding carboxylic acids is 1. The highest BCUT2D eigenvalue weighted by atomic mass is 32.1. The molecule has 2 unspecified atom stereocenters. The molecule has 2 atom stereocenters. The molecule has 5 aliphatic rings. The van der Waals surface area contributed by atoms with Crippen molar-refractivity contribution in [2.45, 2.75) is 82.6 Å². The van der Waals surface area contributed by atoms with E-state index < -0.39 is 0 Å². The van der Waals surface area contributed by atoms with Gasteiger partial charge in [-0.15, -0.1) is 11.3 Å². The van der Waals surface area contributed by atoms with Gasteiger partial charge in [-0.1, -0.05) is 12.8 Å². The number of hydrogen-bond donors (Lipinski definition) is 1. The summed E-state index contributed by atoms with van der Waals surface area (Å²) in [5.74, 6) is 1.29. The fourth-order valence-corrected chi connectivity index (χ4v) is 8.80. The van der Waals surface area contributed by atoms with E-state index in [4.69, 9.17) is 0 Å². The lowest BCUT2D eigenvalue weighted by atomic mass is 9.46. The first-order valence-corrected chi connectivity index (χ1v) is 12.6. The number of nitrogens with zero attached hydrogens (tertiary/aromatic N) is 4. The molecule has 0 spiro atoms. The number of aryl methyl sites for hydroxylation is 1. The molecule has 4 fully saturated rings. The molecule has 7 rings (SSSR count). The van der Waals surface area contributed by atoms with Crippen LogP contribution in [0.1, 0.15) is 80.2 Å². The van der Waals surface area contributed by atoms with Crippen molar-refractivity contribution >= 4 is 22.2 Å². The van der Waals surface area contributed by atoms with Gasteiger partial charge in [-0.25, -0.2) is 9.67 Å². The summed E-state index contributed by atoms with van der Waals surface area (Å²) in [6, 6.07) is 2.43. The number of rotatable bonds is 3. The third-order valence-corrected chi connectivity index (χ3v) is 9.63. The summed E-state index contributed by atoms with van der Waals surface area (Å²) in [5.41, 5.74) is 1.51. The minimum atomic E-state index is -0.346. The molecule has 4 bridgehead atoms. The lowest BCUT2D eigenvalue weighted by Crippen LogP contribution is -2.60. The molecule has 6 nitrogen and oxygen atoms in total. The Kier molecular flexibility index (Phi) is 4.50. The van der Waals surface area contributed by atoms with Crippen molar-refractivity contribution in [3.8, 4) is 6.07 Å². The number of fused-ring (bicyclic) bond motifs is 1. The van der Waals surface area contributed by atoms with E-state index in [1.54, 1.807) is 17.7 Å². The molecule has 0 saturated heterocycles. The van der Waals surface area contributed by atoms with Gasteiger partial charge in [0.2, 0.25) is 5.91 Å². The van der Waals surface area contributed by atoms with Crippen LogP contribution in [-0.2, 0) is 23.2 Å². The number of hydrogen-bond acceptors (Lipinski definition) is 5. The van der Waals surface area contributed by atoms with Gasteiger partial charge in [0.1, 0.15) is 23.7 Å². The van der Waals surface area contributed by atoms with E-state index in [1.807, 2.05) is 11.0 Å². The second kappa shape index (κ2) is 7.16. The molecule has 31 heavy (non-hydrogen) atoms. The van der Waals surface area contributed by atoms with E-state index in [-0.39, 0.29) is 16.9 Å². The highest BCUT2D eigenvalue weighted by Gasteiger charge is 2.61. The van der Waals surface area contributed by atoms with Crippen LogP contribution in [0.5, 0.6) is 0 Å². The Morgan fingerprint density at radius 2 is 1.94 bits per heavy atom. The van der Waals surface area contributed by atoms with Gasteiger partial charge in [0.05, 0.1) is 16.5 Å². The van der Waals surface area contributed by atoms with Crippen LogP contribution in [0, 0.1) is 28.6 Å². The van der Waals surface area contributed by atoms with Crippen LogP contribution in [-0.4, -0.2) is 20.7 Å². The second-order valence-corrected chi connectivity index (χ2v) is 11.6. The Hall–Kier alpha value is -2.20. The predicted octanol–water partition coefficient (Wildman–Crippen LogP) is 4.80. The lowest BCUT2D eigenvalue weighted by molar-refractivity contribution is -0.150. The first-order chi connectivity index (χ1) is 15.1. The molecular formula is C24H29N5OS. The van der Waals surface area contributed by atoms with Crippen molar-refractivity contribution in [2.75, 3.05) is 5.32 Å². The number of nitrogens with one attached hydrogen (secondary N) is 1. The summed E-state index contributed by atoms with van der Waals surface area (Å²) in [7, 11) is 0. The average molecular weight is 436 g/mol. The second-order valence-electron chi connectivity index (χ2n) is 10.5.